The van der Waals surface area contributed by atoms with Crippen LogP contribution in [0.15, 0.2) is 30.3 Å². The van der Waals surface area contributed by atoms with Crippen molar-refractivity contribution >= 4 is 5.91 Å². The van der Waals surface area contributed by atoms with Crippen LogP contribution in [0.5, 0.6) is 0 Å². The summed E-state index contributed by atoms with van der Waals surface area (Å²) < 4.78 is 5.16. The molecule has 1 fully saturated rings. The van der Waals surface area contributed by atoms with E-state index in [1.165, 1.54) is 5.56 Å². The number of hydrogen-bond donors (Lipinski definition) is 1. The number of carbonyl (C=O) groups excluding carboxylic acids is 1. The average Bonchev–Trinajstić information content (AvgIpc) is 2.72. The number of rotatable bonds is 6. The number of ether oxygens (including phenoxy) is 1. The number of benzene rings is 1. The van der Waals surface area contributed by atoms with Crippen LogP contribution in [-0.4, -0.2) is 42.8 Å². The molecule has 0 aromatic heterocycles. The minimum absolute atomic E-state index is 0.0772. The van der Waals surface area contributed by atoms with Crippen molar-refractivity contribution in [1.82, 2.24) is 10.2 Å². The molecule has 0 bridgehead atoms. The molecule has 3 unspecified atom stereocenters. The summed E-state index contributed by atoms with van der Waals surface area (Å²) in [6.45, 7) is 4.63. The van der Waals surface area contributed by atoms with Gasteiger partial charge in [0, 0.05) is 7.11 Å². The predicted molar refractivity (Wildman–Crippen MR) is 79.3 cm³/mol. The van der Waals surface area contributed by atoms with Crippen molar-refractivity contribution in [2.45, 2.75) is 44.9 Å². The Labute approximate surface area is 121 Å². The summed E-state index contributed by atoms with van der Waals surface area (Å²) in [5.74, 6) is 0.193. The molecule has 1 aliphatic heterocycles. The molecule has 1 aromatic carbocycles. The Balaban J connectivity index is 1.92. The Morgan fingerprint density at radius 3 is 2.70 bits per heavy atom. The largest absolute Gasteiger partial charge is 0.383 e. The highest BCUT2D eigenvalue weighted by molar-refractivity contribution is 5.84. The van der Waals surface area contributed by atoms with Crippen LogP contribution < -0.4 is 5.32 Å². The van der Waals surface area contributed by atoms with E-state index in [1.54, 1.807) is 7.11 Å². The van der Waals surface area contributed by atoms with E-state index < -0.39 is 0 Å². The standard InChI is InChI=1S/C16H24N2O2/c1-12(11-20-3)18-13(2)17-15(16(18)19)10-9-14-7-5-4-6-8-14/h4-8,12-13,15,17H,9-11H2,1-3H3. The second kappa shape index (κ2) is 6.86. The first kappa shape index (κ1) is 15.0. The van der Waals surface area contributed by atoms with E-state index in [0.29, 0.717) is 6.61 Å². The molecule has 20 heavy (non-hydrogen) atoms. The monoisotopic (exact) mass is 276 g/mol. The minimum atomic E-state index is -0.0792. The highest BCUT2D eigenvalue weighted by Crippen LogP contribution is 2.18. The van der Waals surface area contributed by atoms with Crippen LogP contribution in [0.4, 0.5) is 0 Å². The van der Waals surface area contributed by atoms with Gasteiger partial charge in [0.15, 0.2) is 0 Å². The number of aryl methyl sites for hydroxylation is 1. The first-order valence-corrected chi connectivity index (χ1v) is 7.24. The van der Waals surface area contributed by atoms with Gasteiger partial charge in [-0.15, -0.1) is 0 Å². The SMILES string of the molecule is COCC(C)N1C(=O)C(CCc2ccccc2)NC1C. The molecule has 110 valence electrons. The molecule has 1 aromatic rings. The number of nitrogens with one attached hydrogen (secondary N) is 1. The van der Waals surface area contributed by atoms with Crippen LogP contribution in [-0.2, 0) is 16.0 Å². The van der Waals surface area contributed by atoms with E-state index in [4.69, 9.17) is 4.74 Å². The lowest BCUT2D eigenvalue weighted by molar-refractivity contribution is -0.132. The quantitative estimate of drug-likeness (QED) is 0.861. The highest BCUT2D eigenvalue weighted by atomic mass is 16.5. The lowest BCUT2D eigenvalue weighted by Gasteiger charge is -2.27. The number of nitrogens with zero attached hydrogens (tertiary/aromatic N) is 1. The summed E-state index contributed by atoms with van der Waals surface area (Å²) >= 11 is 0. The van der Waals surface area contributed by atoms with Crippen molar-refractivity contribution in [3.05, 3.63) is 35.9 Å². The van der Waals surface area contributed by atoms with Gasteiger partial charge in [0.1, 0.15) is 0 Å². The highest BCUT2D eigenvalue weighted by Gasteiger charge is 2.38. The molecule has 1 heterocycles. The maximum Gasteiger partial charge on any atom is 0.241 e. The third-order valence-electron chi connectivity index (χ3n) is 3.86. The van der Waals surface area contributed by atoms with Crippen LogP contribution in [0, 0.1) is 0 Å². The second-order valence-electron chi connectivity index (χ2n) is 5.47. The van der Waals surface area contributed by atoms with E-state index in [1.807, 2.05) is 36.9 Å². The number of hydrogen-bond acceptors (Lipinski definition) is 3. The molecule has 0 radical (unpaired) electrons. The van der Waals surface area contributed by atoms with Crippen LogP contribution in [0.25, 0.3) is 0 Å². The lowest BCUT2D eigenvalue weighted by atomic mass is 10.1. The molecular weight excluding hydrogens is 252 g/mol. The zero-order valence-corrected chi connectivity index (χ0v) is 12.5. The topological polar surface area (TPSA) is 41.6 Å². The van der Waals surface area contributed by atoms with Gasteiger partial charge < -0.3 is 9.64 Å². The maximum absolute atomic E-state index is 12.5. The predicted octanol–water partition coefficient (Wildman–Crippen LogP) is 1.80. The van der Waals surface area contributed by atoms with Crippen LogP contribution >= 0.6 is 0 Å². The molecular formula is C16H24N2O2. The third kappa shape index (κ3) is 3.38. The van der Waals surface area contributed by atoms with Gasteiger partial charge in [-0.1, -0.05) is 30.3 Å². The zero-order chi connectivity index (χ0) is 14.5. The summed E-state index contributed by atoms with van der Waals surface area (Å²) in [7, 11) is 1.67. The molecule has 1 saturated heterocycles. The van der Waals surface area contributed by atoms with Gasteiger partial charge in [-0.05, 0) is 32.3 Å². The molecule has 0 aliphatic carbocycles. The van der Waals surface area contributed by atoms with E-state index in [2.05, 4.69) is 17.4 Å². The van der Waals surface area contributed by atoms with Crippen LogP contribution in [0.3, 0.4) is 0 Å². The number of carbonyl (C=O) groups is 1. The van der Waals surface area contributed by atoms with Crippen molar-refractivity contribution in [1.29, 1.82) is 0 Å². The Morgan fingerprint density at radius 1 is 1.35 bits per heavy atom. The van der Waals surface area contributed by atoms with Crippen molar-refractivity contribution in [3.63, 3.8) is 0 Å². The Bertz CT molecular complexity index is 435. The van der Waals surface area contributed by atoms with Gasteiger partial charge in [0.2, 0.25) is 5.91 Å². The first-order chi connectivity index (χ1) is 9.63. The second-order valence-corrected chi connectivity index (χ2v) is 5.47. The third-order valence-corrected chi connectivity index (χ3v) is 3.86. The van der Waals surface area contributed by atoms with Gasteiger partial charge in [0.05, 0.1) is 24.9 Å². The fraction of sp³-hybridized carbons (Fsp3) is 0.562. The molecule has 0 spiro atoms. The van der Waals surface area contributed by atoms with E-state index in [9.17, 15) is 4.79 Å². The molecule has 1 amide bonds. The molecule has 4 nitrogen and oxygen atoms in total. The van der Waals surface area contributed by atoms with E-state index in [0.717, 1.165) is 12.8 Å². The molecule has 1 N–H and O–H groups in total. The molecule has 0 saturated carbocycles. The van der Waals surface area contributed by atoms with Crippen molar-refractivity contribution in [3.8, 4) is 0 Å². The van der Waals surface area contributed by atoms with E-state index in [-0.39, 0.29) is 24.2 Å². The lowest BCUT2D eigenvalue weighted by Crippen LogP contribution is -2.43. The number of amides is 1. The molecule has 2 rings (SSSR count). The van der Waals surface area contributed by atoms with Crippen LogP contribution in [0.2, 0.25) is 0 Å². The normalized spacial score (nSPS) is 24.1. The average molecular weight is 276 g/mol. The summed E-state index contributed by atoms with van der Waals surface area (Å²) in [6.07, 6.45) is 1.83. The Hall–Kier alpha value is -1.39. The van der Waals surface area contributed by atoms with Gasteiger partial charge in [-0.2, -0.15) is 0 Å². The molecule has 4 heteroatoms. The molecule has 3 atom stereocenters. The maximum atomic E-state index is 12.5. The fourth-order valence-electron chi connectivity index (χ4n) is 2.90. The van der Waals surface area contributed by atoms with Gasteiger partial charge in [0.25, 0.3) is 0 Å². The summed E-state index contributed by atoms with van der Waals surface area (Å²) in [5, 5.41) is 3.38. The van der Waals surface area contributed by atoms with E-state index >= 15 is 0 Å². The minimum Gasteiger partial charge on any atom is -0.383 e. The van der Waals surface area contributed by atoms with Crippen molar-refractivity contribution in [2.24, 2.45) is 0 Å². The first-order valence-electron chi connectivity index (χ1n) is 7.24. The molecule has 1 aliphatic rings. The number of methoxy groups -OCH3 is 1. The Kier molecular flexibility index (Phi) is 5.15. The van der Waals surface area contributed by atoms with Crippen LogP contribution in [0.1, 0.15) is 25.8 Å². The Morgan fingerprint density at radius 2 is 2.05 bits per heavy atom. The summed E-state index contributed by atoms with van der Waals surface area (Å²) in [5.41, 5.74) is 1.28. The van der Waals surface area contributed by atoms with Gasteiger partial charge in [-0.25, -0.2) is 0 Å². The smallest absolute Gasteiger partial charge is 0.241 e. The van der Waals surface area contributed by atoms with Gasteiger partial charge in [-0.3, -0.25) is 10.1 Å². The zero-order valence-electron chi connectivity index (χ0n) is 12.5. The van der Waals surface area contributed by atoms with Crippen molar-refractivity contribution < 1.29 is 9.53 Å². The van der Waals surface area contributed by atoms with Gasteiger partial charge >= 0.3 is 0 Å². The summed E-state index contributed by atoms with van der Waals surface area (Å²) in [4.78, 5) is 14.4. The summed E-state index contributed by atoms with van der Waals surface area (Å²) in [6, 6.07) is 10.3. The van der Waals surface area contributed by atoms with Crippen molar-refractivity contribution in [2.75, 3.05) is 13.7 Å². The fourth-order valence-corrected chi connectivity index (χ4v) is 2.90.